The highest BCUT2D eigenvalue weighted by atomic mass is 16.5. The summed E-state index contributed by atoms with van der Waals surface area (Å²) in [6.07, 6.45) is 3.84. The molecular weight excluding hydrogens is 252 g/mol. The highest BCUT2D eigenvalue weighted by Gasteiger charge is 2.39. The van der Waals surface area contributed by atoms with Gasteiger partial charge < -0.3 is 4.74 Å². The number of esters is 1. The van der Waals surface area contributed by atoms with Crippen molar-refractivity contribution in [1.29, 1.82) is 0 Å². The summed E-state index contributed by atoms with van der Waals surface area (Å²) >= 11 is 0. The van der Waals surface area contributed by atoms with E-state index < -0.39 is 0 Å². The molecule has 1 fully saturated rings. The van der Waals surface area contributed by atoms with E-state index in [1.54, 1.807) is 6.92 Å². The Hall–Kier alpha value is -0.860. The molecule has 3 nitrogen and oxygen atoms in total. The van der Waals surface area contributed by atoms with Crippen LogP contribution in [-0.2, 0) is 14.3 Å². The molecule has 0 aromatic rings. The minimum atomic E-state index is -0.253. The molecule has 0 radical (unpaired) electrons. The Morgan fingerprint density at radius 3 is 2.45 bits per heavy atom. The standard InChI is InChI=1S/C17H30O3/c1-6-20-16(19)8-7-15(18)14-11-17(4,5)10-9-13(14)12(2)3/h12-14H,6-11H2,1-5H3. The topological polar surface area (TPSA) is 43.4 Å². The Labute approximate surface area is 123 Å². The van der Waals surface area contributed by atoms with Crippen molar-refractivity contribution in [2.45, 2.75) is 66.7 Å². The Balaban J connectivity index is 2.63. The first-order valence-corrected chi connectivity index (χ1v) is 7.95. The number of hydrogen-bond acceptors (Lipinski definition) is 3. The second kappa shape index (κ2) is 7.24. The molecule has 1 aliphatic rings. The van der Waals surface area contributed by atoms with Gasteiger partial charge in [0.2, 0.25) is 0 Å². The van der Waals surface area contributed by atoms with E-state index in [2.05, 4.69) is 27.7 Å². The molecule has 2 unspecified atom stereocenters. The maximum absolute atomic E-state index is 12.5. The summed E-state index contributed by atoms with van der Waals surface area (Å²) in [6, 6.07) is 0. The monoisotopic (exact) mass is 282 g/mol. The molecule has 0 saturated heterocycles. The van der Waals surface area contributed by atoms with Crippen LogP contribution in [0.4, 0.5) is 0 Å². The summed E-state index contributed by atoms with van der Waals surface area (Å²) in [5.41, 5.74) is 0.246. The summed E-state index contributed by atoms with van der Waals surface area (Å²) in [5.74, 6) is 1.12. The normalized spacial score (nSPS) is 25.5. The number of Topliss-reactive ketones (excluding diaryl/α,β-unsaturated/α-hetero) is 1. The van der Waals surface area contributed by atoms with Crippen LogP contribution in [0.5, 0.6) is 0 Å². The van der Waals surface area contributed by atoms with Crippen molar-refractivity contribution in [3.05, 3.63) is 0 Å². The van der Waals surface area contributed by atoms with Gasteiger partial charge in [-0.05, 0) is 43.4 Å². The molecule has 0 N–H and O–H groups in total. The lowest BCUT2D eigenvalue weighted by Crippen LogP contribution is -2.37. The van der Waals surface area contributed by atoms with E-state index in [-0.39, 0.29) is 29.5 Å². The maximum Gasteiger partial charge on any atom is 0.306 e. The summed E-state index contributed by atoms with van der Waals surface area (Å²) in [6.45, 7) is 11.1. The van der Waals surface area contributed by atoms with Crippen LogP contribution in [0.15, 0.2) is 0 Å². The van der Waals surface area contributed by atoms with Gasteiger partial charge in [-0.3, -0.25) is 9.59 Å². The molecule has 0 aliphatic heterocycles. The quantitative estimate of drug-likeness (QED) is 0.692. The van der Waals surface area contributed by atoms with E-state index in [0.717, 1.165) is 12.8 Å². The van der Waals surface area contributed by atoms with E-state index in [4.69, 9.17) is 4.74 Å². The first-order valence-electron chi connectivity index (χ1n) is 7.95. The lowest BCUT2D eigenvalue weighted by Gasteiger charge is -2.42. The van der Waals surface area contributed by atoms with Gasteiger partial charge in [0, 0.05) is 12.3 Å². The first kappa shape index (κ1) is 17.2. The van der Waals surface area contributed by atoms with Gasteiger partial charge in [0.25, 0.3) is 0 Å². The summed E-state index contributed by atoms with van der Waals surface area (Å²) < 4.78 is 4.90. The van der Waals surface area contributed by atoms with Crippen LogP contribution in [0.2, 0.25) is 0 Å². The minimum Gasteiger partial charge on any atom is -0.466 e. The van der Waals surface area contributed by atoms with E-state index in [9.17, 15) is 9.59 Å². The number of ether oxygens (including phenoxy) is 1. The minimum absolute atomic E-state index is 0.119. The highest BCUT2D eigenvalue weighted by Crippen LogP contribution is 2.45. The molecule has 0 bridgehead atoms. The number of rotatable bonds is 6. The first-order chi connectivity index (χ1) is 9.26. The molecule has 0 amide bonds. The third-order valence-corrected chi connectivity index (χ3v) is 4.59. The Kier molecular flexibility index (Phi) is 6.22. The van der Waals surface area contributed by atoms with Crippen LogP contribution < -0.4 is 0 Å². The lowest BCUT2D eigenvalue weighted by atomic mass is 9.62. The van der Waals surface area contributed by atoms with Gasteiger partial charge in [0.05, 0.1) is 13.0 Å². The van der Waals surface area contributed by atoms with Gasteiger partial charge in [-0.1, -0.05) is 27.7 Å². The van der Waals surface area contributed by atoms with Gasteiger partial charge >= 0.3 is 5.97 Å². The van der Waals surface area contributed by atoms with Crippen LogP contribution in [0, 0.1) is 23.2 Å². The molecule has 0 spiro atoms. The fraction of sp³-hybridized carbons (Fsp3) is 0.882. The van der Waals surface area contributed by atoms with Crippen LogP contribution in [-0.4, -0.2) is 18.4 Å². The Morgan fingerprint density at radius 1 is 1.25 bits per heavy atom. The molecular formula is C17H30O3. The molecule has 20 heavy (non-hydrogen) atoms. The fourth-order valence-corrected chi connectivity index (χ4v) is 3.40. The molecule has 2 atom stereocenters. The molecule has 1 saturated carbocycles. The molecule has 0 aromatic heterocycles. The summed E-state index contributed by atoms with van der Waals surface area (Å²) in [4.78, 5) is 23.9. The SMILES string of the molecule is CCOC(=O)CCC(=O)C1CC(C)(C)CCC1C(C)C. The van der Waals surface area contributed by atoms with Crippen LogP contribution in [0.1, 0.15) is 66.7 Å². The molecule has 3 heteroatoms. The average molecular weight is 282 g/mol. The zero-order valence-electron chi connectivity index (χ0n) is 13.7. The van der Waals surface area contributed by atoms with Gasteiger partial charge in [0.1, 0.15) is 5.78 Å². The Morgan fingerprint density at radius 2 is 1.90 bits per heavy atom. The van der Waals surface area contributed by atoms with E-state index >= 15 is 0 Å². The Bertz CT molecular complexity index is 344. The predicted octanol–water partition coefficient (Wildman–Crippen LogP) is 4.00. The highest BCUT2D eigenvalue weighted by molar-refractivity contribution is 5.85. The van der Waals surface area contributed by atoms with Gasteiger partial charge in [-0.15, -0.1) is 0 Å². The number of carbonyl (C=O) groups excluding carboxylic acids is 2. The largest absolute Gasteiger partial charge is 0.466 e. The average Bonchev–Trinajstić information content (AvgIpc) is 2.34. The van der Waals surface area contributed by atoms with Crippen molar-refractivity contribution in [3.8, 4) is 0 Å². The van der Waals surface area contributed by atoms with Gasteiger partial charge in [0.15, 0.2) is 0 Å². The van der Waals surface area contributed by atoms with Crippen LogP contribution in [0.3, 0.4) is 0 Å². The smallest absolute Gasteiger partial charge is 0.306 e. The third kappa shape index (κ3) is 4.92. The second-order valence-corrected chi connectivity index (χ2v) is 7.19. The number of hydrogen-bond donors (Lipinski definition) is 0. The summed E-state index contributed by atoms with van der Waals surface area (Å²) in [7, 11) is 0. The lowest BCUT2D eigenvalue weighted by molar-refractivity contribution is -0.145. The van der Waals surface area contributed by atoms with Crippen molar-refractivity contribution in [1.82, 2.24) is 0 Å². The van der Waals surface area contributed by atoms with Crippen molar-refractivity contribution in [2.24, 2.45) is 23.2 Å². The zero-order valence-corrected chi connectivity index (χ0v) is 13.7. The number of ketones is 1. The van der Waals surface area contributed by atoms with Crippen molar-refractivity contribution in [2.75, 3.05) is 6.61 Å². The van der Waals surface area contributed by atoms with Gasteiger partial charge in [-0.25, -0.2) is 0 Å². The van der Waals surface area contributed by atoms with E-state index in [0.29, 0.717) is 24.9 Å². The predicted molar refractivity (Wildman–Crippen MR) is 80.3 cm³/mol. The maximum atomic E-state index is 12.5. The van der Waals surface area contributed by atoms with Gasteiger partial charge in [-0.2, -0.15) is 0 Å². The van der Waals surface area contributed by atoms with Crippen LogP contribution in [0.25, 0.3) is 0 Å². The third-order valence-electron chi connectivity index (χ3n) is 4.59. The van der Waals surface area contributed by atoms with E-state index in [1.165, 1.54) is 6.42 Å². The molecule has 116 valence electrons. The fourth-order valence-electron chi connectivity index (χ4n) is 3.40. The van der Waals surface area contributed by atoms with Crippen LogP contribution >= 0.6 is 0 Å². The molecule has 1 aliphatic carbocycles. The number of carbonyl (C=O) groups is 2. The molecule has 1 rings (SSSR count). The summed E-state index contributed by atoms with van der Waals surface area (Å²) in [5, 5.41) is 0. The van der Waals surface area contributed by atoms with Crippen molar-refractivity contribution in [3.63, 3.8) is 0 Å². The molecule has 0 heterocycles. The van der Waals surface area contributed by atoms with E-state index in [1.807, 2.05) is 0 Å². The second-order valence-electron chi connectivity index (χ2n) is 7.19. The zero-order chi connectivity index (χ0) is 15.3. The van der Waals surface area contributed by atoms with Crippen molar-refractivity contribution >= 4 is 11.8 Å². The van der Waals surface area contributed by atoms with Crippen molar-refractivity contribution < 1.29 is 14.3 Å². The molecule has 0 aromatic carbocycles.